The number of hydrogen-bond donors (Lipinski definition) is 1. The van der Waals surface area contributed by atoms with Gasteiger partial charge in [-0.3, -0.25) is 9.69 Å². The van der Waals surface area contributed by atoms with Gasteiger partial charge in [0.05, 0.1) is 17.9 Å². The van der Waals surface area contributed by atoms with Crippen molar-refractivity contribution in [2.75, 3.05) is 13.7 Å². The van der Waals surface area contributed by atoms with Crippen LogP contribution in [-0.2, 0) is 21.2 Å². The number of nitrogens with zero attached hydrogens (tertiary/aromatic N) is 1. The summed E-state index contributed by atoms with van der Waals surface area (Å²) in [5, 5.41) is 10.8. The first-order valence-electron chi connectivity index (χ1n) is 10.2. The summed E-state index contributed by atoms with van der Waals surface area (Å²) >= 11 is 0. The molecule has 0 aromatic heterocycles. The van der Waals surface area contributed by atoms with E-state index in [1.165, 1.54) is 19.2 Å². The van der Waals surface area contributed by atoms with Gasteiger partial charge in [-0.15, -0.1) is 0 Å². The molecule has 2 atom stereocenters. The van der Waals surface area contributed by atoms with Crippen molar-refractivity contribution in [3.63, 3.8) is 0 Å². The quantitative estimate of drug-likeness (QED) is 0.626. The van der Waals surface area contributed by atoms with Crippen LogP contribution in [-0.4, -0.2) is 43.4 Å². The lowest BCUT2D eigenvalue weighted by Crippen LogP contribution is -2.47. The Labute approximate surface area is 182 Å². The van der Waals surface area contributed by atoms with Crippen molar-refractivity contribution in [1.82, 2.24) is 4.90 Å². The fourth-order valence-electron chi connectivity index (χ4n) is 4.20. The number of carboxylic acids is 1. The van der Waals surface area contributed by atoms with Gasteiger partial charge in [-0.1, -0.05) is 36.4 Å². The first-order valence-corrected chi connectivity index (χ1v) is 11.8. The highest BCUT2D eigenvalue weighted by atomic mass is 32.2. The number of benzene rings is 3. The molecule has 4 rings (SSSR count). The van der Waals surface area contributed by atoms with Crippen LogP contribution < -0.4 is 4.74 Å². The Kier molecular flexibility index (Phi) is 5.98. The van der Waals surface area contributed by atoms with Crippen LogP contribution in [0.3, 0.4) is 0 Å². The van der Waals surface area contributed by atoms with Crippen LogP contribution in [0.5, 0.6) is 5.75 Å². The van der Waals surface area contributed by atoms with Crippen LogP contribution in [0, 0.1) is 5.92 Å². The highest BCUT2D eigenvalue weighted by Crippen LogP contribution is 2.32. The lowest BCUT2D eigenvalue weighted by Gasteiger charge is -2.37. The predicted molar refractivity (Wildman–Crippen MR) is 119 cm³/mol. The summed E-state index contributed by atoms with van der Waals surface area (Å²) in [5.41, 5.74) is 1.00. The van der Waals surface area contributed by atoms with E-state index in [0.717, 1.165) is 16.3 Å². The lowest BCUT2D eigenvalue weighted by atomic mass is 9.96. The monoisotopic (exact) mass is 439 g/mol. The van der Waals surface area contributed by atoms with E-state index in [2.05, 4.69) is 6.07 Å². The molecule has 1 heterocycles. The number of methoxy groups -OCH3 is 1. The van der Waals surface area contributed by atoms with Crippen molar-refractivity contribution >= 4 is 26.6 Å². The van der Waals surface area contributed by atoms with E-state index in [4.69, 9.17) is 4.74 Å². The molecule has 0 radical (unpaired) electrons. The van der Waals surface area contributed by atoms with Gasteiger partial charge in [-0.25, -0.2) is 8.42 Å². The minimum absolute atomic E-state index is 0.0667. The Morgan fingerprint density at radius 1 is 1.06 bits per heavy atom. The van der Waals surface area contributed by atoms with Gasteiger partial charge in [0.2, 0.25) is 0 Å². The summed E-state index contributed by atoms with van der Waals surface area (Å²) in [7, 11) is -2.24. The number of ether oxygens (including phenoxy) is 1. The largest absolute Gasteiger partial charge is 0.497 e. The number of likely N-dealkylation sites (tertiary alicyclic amines) is 1. The molecular formula is C24H25NO5S. The van der Waals surface area contributed by atoms with E-state index >= 15 is 0 Å². The second-order valence-electron chi connectivity index (χ2n) is 7.89. The van der Waals surface area contributed by atoms with E-state index < -0.39 is 27.1 Å². The third kappa shape index (κ3) is 4.43. The van der Waals surface area contributed by atoms with E-state index in [1.54, 1.807) is 12.1 Å². The molecule has 0 saturated carbocycles. The van der Waals surface area contributed by atoms with E-state index in [1.807, 2.05) is 41.3 Å². The fourth-order valence-corrected chi connectivity index (χ4v) is 6.09. The summed E-state index contributed by atoms with van der Waals surface area (Å²) in [4.78, 5) is 13.7. The zero-order valence-corrected chi connectivity index (χ0v) is 18.1. The maximum atomic E-state index is 13.5. The molecule has 1 aliphatic heterocycles. The summed E-state index contributed by atoms with van der Waals surface area (Å²) < 4.78 is 32.1. The van der Waals surface area contributed by atoms with Crippen molar-refractivity contribution in [2.45, 2.75) is 29.7 Å². The van der Waals surface area contributed by atoms with Crippen molar-refractivity contribution in [3.05, 3.63) is 72.3 Å². The van der Waals surface area contributed by atoms with Gasteiger partial charge in [0, 0.05) is 13.1 Å². The smallest absolute Gasteiger partial charge is 0.306 e. The van der Waals surface area contributed by atoms with E-state index in [0.29, 0.717) is 25.3 Å². The minimum Gasteiger partial charge on any atom is -0.497 e. The fraction of sp³-hybridized carbons (Fsp3) is 0.292. The van der Waals surface area contributed by atoms with Gasteiger partial charge >= 0.3 is 5.97 Å². The molecule has 7 heteroatoms. The van der Waals surface area contributed by atoms with Crippen LogP contribution in [0.25, 0.3) is 10.8 Å². The number of hydrogen-bond acceptors (Lipinski definition) is 5. The van der Waals surface area contributed by atoms with E-state index in [-0.39, 0.29) is 11.3 Å². The molecule has 1 fully saturated rings. The normalized spacial score (nSPS) is 19.9. The lowest BCUT2D eigenvalue weighted by molar-refractivity contribution is -0.143. The molecule has 1 N–H and O–H groups in total. The third-order valence-electron chi connectivity index (χ3n) is 5.95. The van der Waals surface area contributed by atoms with Gasteiger partial charge in [0.15, 0.2) is 9.84 Å². The maximum absolute atomic E-state index is 13.5. The number of aliphatic carboxylic acids is 1. The molecule has 0 spiro atoms. The Morgan fingerprint density at radius 3 is 2.45 bits per heavy atom. The first kappa shape index (κ1) is 21.3. The summed E-state index contributed by atoms with van der Waals surface area (Å²) in [6.07, 6.45) is 0.495. The van der Waals surface area contributed by atoms with Crippen molar-refractivity contribution in [1.29, 1.82) is 0 Å². The van der Waals surface area contributed by atoms with Crippen LogP contribution >= 0.6 is 0 Å². The SMILES string of the molecule is COc1ccc(S(=O)(=O)C2CC(C(=O)O)CCN2Cc2ccc3ccccc3c2)cc1. The van der Waals surface area contributed by atoms with Gasteiger partial charge in [0.1, 0.15) is 11.1 Å². The second-order valence-corrected chi connectivity index (χ2v) is 9.99. The summed E-state index contributed by atoms with van der Waals surface area (Å²) in [5.74, 6) is -1.05. The predicted octanol–water partition coefficient (Wildman–Crippen LogP) is 3.95. The average molecular weight is 440 g/mol. The van der Waals surface area contributed by atoms with Crippen molar-refractivity contribution in [3.8, 4) is 5.75 Å². The molecule has 6 nitrogen and oxygen atoms in total. The van der Waals surface area contributed by atoms with Crippen molar-refractivity contribution in [2.24, 2.45) is 5.92 Å². The Bertz CT molecular complexity index is 1190. The molecule has 3 aromatic carbocycles. The Hall–Kier alpha value is -2.90. The molecule has 31 heavy (non-hydrogen) atoms. The number of carboxylic acid groups (broad SMARTS) is 1. The summed E-state index contributed by atoms with van der Waals surface area (Å²) in [6, 6.07) is 20.4. The van der Waals surface area contributed by atoms with Crippen LogP contribution in [0.15, 0.2) is 71.6 Å². The van der Waals surface area contributed by atoms with Crippen molar-refractivity contribution < 1.29 is 23.1 Å². The van der Waals surface area contributed by atoms with Gasteiger partial charge in [0.25, 0.3) is 0 Å². The molecule has 1 aliphatic rings. The summed E-state index contributed by atoms with van der Waals surface area (Å²) in [6.45, 7) is 0.848. The van der Waals surface area contributed by atoms with Gasteiger partial charge in [-0.05, 0) is 59.5 Å². The van der Waals surface area contributed by atoms with E-state index in [9.17, 15) is 18.3 Å². The Balaban J connectivity index is 1.66. The molecular weight excluding hydrogens is 414 g/mol. The molecule has 0 bridgehead atoms. The molecule has 2 unspecified atom stereocenters. The van der Waals surface area contributed by atoms with Crippen LogP contribution in [0.1, 0.15) is 18.4 Å². The van der Waals surface area contributed by atoms with Crippen LogP contribution in [0.2, 0.25) is 0 Å². The number of carbonyl (C=O) groups is 1. The molecule has 1 saturated heterocycles. The maximum Gasteiger partial charge on any atom is 0.306 e. The first-order chi connectivity index (χ1) is 14.9. The molecule has 0 aliphatic carbocycles. The number of piperidine rings is 1. The average Bonchev–Trinajstić information content (AvgIpc) is 2.79. The molecule has 162 valence electrons. The van der Waals surface area contributed by atoms with Crippen LogP contribution in [0.4, 0.5) is 0 Å². The number of fused-ring (bicyclic) bond motifs is 1. The number of sulfone groups is 1. The molecule has 3 aromatic rings. The van der Waals surface area contributed by atoms with Gasteiger partial charge in [-0.2, -0.15) is 0 Å². The minimum atomic E-state index is -3.76. The van der Waals surface area contributed by atoms with Gasteiger partial charge < -0.3 is 9.84 Å². The number of rotatable bonds is 6. The zero-order valence-electron chi connectivity index (χ0n) is 17.3. The zero-order chi connectivity index (χ0) is 22.0. The highest BCUT2D eigenvalue weighted by molar-refractivity contribution is 7.92. The standard InChI is InChI=1S/C24H25NO5S/c1-30-21-8-10-22(11-9-21)31(28,29)23-15-20(24(26)27)12-13-25(23)16-17-6-7-18-4-2-3-5-19(18)14-17/h2-11,14,20,23H,12-13,15-16H2,1H3,(H,26,27). The Morgan fingerprint density at radius 2 is 1.77 bits per heavy atom. The second kappa shape index (κ2) is 8.69. The third-order valence-corrected chi connectivity index (χ3v) is 8.09. The molecule has 0 amide bonds. The topological polar surface area (TPSA) is 83.9 Å². The highest BCUT2D eigenvalue weighted by Gasteiger charge is 2.40.